The molecule has 0 fully saturated rings. The van der Waals surface area contributed by atoms with Gasteiger partial charge in [0.2, 0.25) is 0 Å². The molecular formula is C14H8ClF3N2. The van der Waals surface area contributed by atoms with Crippen LogP contribution < -0.4 is 0 Å². The summed E-state index contributed by atoms with van der Waals surface area (Å²) in [6, 6.07) is 9.86. The zero-order chi connectivity index (χ0) is 14.8. The average Bonchev–Trinajstić information content (AvgIpc) is 2.37. The third-order valence-electron chi connectivity index (χ3n) is 2.62. The Labute approximate surface area is 118 Å². The lowest BCUT2D eigenvalue weighted by Gasteiger charge is -2.09. The molecule has 20 heavy (non-hydrogen) atoms. The quantitative estimate of drug-likeness (QED) is 0.766. The summed E-state index contributed by atoms with van der Waals surface area (Å²) in [5.74, 6) is 0. The van der Waals surface area contributed by atoms with Crippen LogP contribution >= 0.6 is 11.6 Å². The molecule has 2 nitrogen and oxygen atoms in total. The minimum atomic E-state index is -4.41. The lowest BCUT2D eigenvalue weighted by Crippen LogP contribution is -2.04. The van der Waals surface area contributed by atoms with Crippen LogP contribution in [0.15, 0.2) is 36.4 Å². The molecule has 0 unspecified atom stereocenters. The van der Waals surface area contributed by atoms with E-state index >= 15 is 0 Å². The van der Waals surface area contributed by atoms with Gasteiger partial charge in [-0.1, -0.05) is 23.7 Å². The Kier molecular flexibility index (Phi) is 3.96. The van der Waals surface area contributed by atoms with Crippen molar-refractivity contribution in [1.29, 1.82) is 5.26 Å². The maximum Gasteiger partial charge on any atom is 0.416 e. The fourth-order valence-electron chi connectivity index (χ4n) is 1.75. The van der Waals surface area contributed by atoms with Crippen LogP contribution in [0.5, 0.6) is 0 Å². The molecular weight excluding hydrogens is 289 g/mol. The SMILES string of the molecule is N#CCc1cc(Cl)nc(-c2cccc(C(F)(F)F)c2)c1. The van der Waals surface area contributed by atoms with E-state index in [1.807, 2.05) is 6.07 Å². The molecule has 0 saturated carbocycles. The molecule has 0 spiro atoms. The summed E-state index contributed by atoms with van der Waals surface area (Å²) >= 11 is 5.82. The Bertz CT molecular complexity index is 675. The van der Waals surface area contributed by atoms with E-state index < -0.39 is 11.7 Å². The largest absolute Gasteiger partial charge is 0.416 e. The molecule has 0 aliphatic rings. The molecule has 102 valence electrons. The average molecular weight is 297 g/mol. The number of nitriles is 1. The summed E-state index contributed by atoms with van der Waals surface area (Å²) in [6.07, 6.45) is -4.29. The molecule has 2 rings (SSSR count). The van der Waals surface area contributed by atoms with Gasteiger partial charge in [-0.3, -0.25) is 0 Å². The third kappa shape index (κ3) is 3.28. The number of alkyl halides is 3. The molecule has 0 saturated heterocycles. The van der Waals surface area contributed by atoms with Crippen LogP contribution in [0.4, 0.5) is 13.2 Å². The molecule has 1 aromatic heterocycles. The summed E-state index contributed by atoms with van der Waals surface area (Å²) in [5, 5.41) is 8.80. The van der Waals surface area contributed by atoms with Crippen LogP contribution in [0.25, 0.3) is 11.3 Å². The molecule has 0 amide bonds. The highest BCUT2D eigenvalue weighted by atomic mass is 35.5. The number of pyridine rings is 1. The van der Waals surface area contributed by atoms with Gasteiger partial charge in [-0.25, -0.2) is 4.98 Å². The minimum Gasteiger partial charge on any atom is -0.236 e. The van der Waals surface area contributed by atoms with Crippen LogP contribution in [-0.2, 0) is 12.6 Å². The van der Waals surface area contributed by atoms with Gasteiger partial charge in [0, 0.05) is 5.56 Å². The van der Waals surface area contributed by atoms with E-state index in [0.717, 1.165) is 12.1 Å². The summed E-state index contributed by atoms with van der Waals surface area (Å²) < 4.78 is 38.0. The second kappa shape index (κ2) is 5.51. The molecule has 0 bridgehead atoms. The predicted octanol–water partition coefficient (Wildman–Crippen LogP) is 4.49. The lowest BCUT2D eigenvalue weighted by atomic mass is 10.1. The number of rotatable bonds is 2. The van der Waals surface area contributed by atoms with E-state index in [2.05, 4.69) is 4.98 Å². The van der Waals surface area contributed by atoms with Gasteiger partial charge in [-0.2, -0.15) is 18.4 Å². The second-order valence-corrected chi connectivity index (χ2v) is 4.48. The second-order valence-electron chi connectivity index (χ2n) is 4.10. The van der Waals surface area contributed by atoms with E-state index in [1.54, 1.807) is 6.07 Å². The van der Waals surface area contributed by atoms with Crippen molar-refractivity contribution in [2.24, 2.45) is 0 Å². The van der Waals surface area contributed by atoms with Crippen LogP contribution in [0.1, 0.15) is 11.1 Å². The van der Waals surface area contributed by atoms with Crippen molar-refractivity contribution >= 4 is 11.6 Å². The van der Waals surface area contributed by atoms with Crippen molar-refractivity contribution in [3.63, 3.8) is 0 Å². The highest BCUT2D eigenvalue weighted by Gasteiger charge is 2.30. The van der Waals surface area contributed by atoms with Gasteiger partial charge in [0.25, 0.3) is 0 Å². The number of hydrogen-bond acceptors (Lipinski definition) is 2. The molecule has 0 N–H and O–H groups in total. The van der Waals surface area contributed by atoms with Crippen molar-refractivity contribution in [3.05, 3.63) is 52.7 Å². The molecule has 2 aromatic rings. The molecule has 0 aliphatic heterocycles. The maximum atomic E-state index is 12.7. The van der Waals surface area contributed by atoms with E-state index in [9.17, 15) is 13.2 Å². The number of hydrogen-bond donors (Lipinski definition) is 0. The van der Waals surface area contributed by atoms with Gasteiger partial charge in [0.1, 0.15) is 5.15 Å². The van der Waals surface area contributed by atoms with Gasteiger partial charge in [-0.05, 0) is 29.8 Å². The van der Waals surface area contributed by atoms with Gasteiger partial charge in [-0.15, -0.1) is 0 Å². The van der Waals surface area contributed by atoms with Crippen molar-refractivity contribution in [3.8, 4) is 17.3 Å². The van der Waals surface area contributed by atoms with Crippen LogP contribution in [0.3, 0.4) is 0 Å². The fraction of sp³-hybridized carbons (Fsp3) is 0.143. The number of aromatic nitrogens is 1. The smallest absolute Gasteiger partial charge is 0.236 e. The van der Waals surface area contributed by atoms with E-state index in [0.29, 0.717) is 16.8 Å². The van der Waals surface area contributed by atoms with Crippen LogP contribution in [0, 0.1) is 11.3 Å². The molecule has 1 heterocycles. The first-order chi connectivity index (χ1) is 9.40. The normalized spacial score (nSPS) is 11.2. The molecule has 0 radical (unpaired) electrons. The fourth-order valence-corrected chi connectivity index (χ4v) is 1.98. The van der Waals surface area contributed by atoms with E-state index in [4.69, 9.17) is 16.9 Å². The predicted molar refractivity (Wildman–Crippen MR) is 69.0 cm³/mol. The molecule has 1 aromatic carbocycles. The summed E-state index contributed by atoms with van der Waals surface area (Å²) in [7, 11) is 0. The Hall–Kier alpha value is -2.06. The van der Waals surface area contributed by atoms with Gasteiger partial charge in [0.15, 0.2) is 0 Å². The Balaban J connectivity index is 2.49. The first-order valence-electron chi connectivity index (χ1n) is 5.61. The topological polar surface area (TPSA) is 36.7 Å². The van der Waals surface area contributed by atoms with E-state index in [-0.39, 0.29) is 11.6 Å². The Morgan fingerprint density at radius 3 is 2.60 bits per heavy atom. The highest BCUT2D eigenvalue weighted by Crippen LogP contribution is 2.32. The monoisotopic (exact) mass is 296 g/mol. The van der Waals surface area contributed by atoms with Gasteiger partial charge < -0.3 is 0 Å². The first-order valence-corrected chi connectivity index (χ1v) is 5.99. The maximum absolute atomic E-state index is 12.7. The zero-order valence-corrected chi connectivity index (χ0v) is 10.8. The van der Waals surface area contributed by atoms with Crippen LogP contribution in [-0.4, -0.2) is 4.98 Å². The summed E-state index contributed by atoms with van der Waals surface area (Å²) in [4.78, 5) is 4.00. The summed E-state index contributed by atoms with van der Waals surface area (Å²) in [5.41, 5.74) is 0.480. The Morgan fingerprint density at radius 2 is 1.95 bits per heavy atom. The van der Waals surface area contributed by atoms with Crippen molar-refractivity contribution in [2.45, 2.75) is 12.6 Å². The van der Waals surface area contributed by atoms with Crippen molar-refractivity contribution in [2.75, 3.05) is 0 Å². The molecule has 6 heteroatoms. The molecule has 0 aliphatic carbocycles. The van der Waals surface area contributed by atoms with Gasteiger partial charge in [0.05, 0.1) is 23.7 Å². The first kappa shape index (κ1) is 14.4. The minimum absolute atomic E-state index is 0.119. The number of nitrogens with zero attached hydrogens (tertiary/aromatic N) is 2. The van der Waals surface area contributed by atoms with Gasteiger partial charge >= 0.3 is 6.18 Å². The van der Waals surface area contributed by atoms with Crippen LogP contribution in [0.2, 0.25) is 5.15 Å². The number of benzene rings is 1. The third-order valence-corrected chi connectivity index (χ3v) is 2.82. The molecule has 0 atom stereocenters. The van der Waals surface area contributed by atoms with Crippen molar-refractivity contribution in [1.82, 2.24) is 4.98 Å². The summed E-state index contributed by atoms with van der Waals surface area (Å²) in [6.45, 7) is 0. The standard InChI is InChI=1S/C14H8ClF3N2/c15-13-7-9(4-5-19)6-12(20-13)10-2-1-3-11(8-10)14(16,17)18/h1-3,6-8H,4H2. The zero-order valence-electron chi connectivity index (χ0n) is 10.1. The Morgan fingerprint density at radius 1 is 1.20 bits per heavy atom. The van der Waals surface area contributed by atoms with E-state index in [1.165, 1.54) is 18.2 Å². The lowest BCUT2D eigenvalue weighted by molar-refractivity contribution is -0.137. The van der Waals surface area contributed by atoms with Crippen molar-refractivity contribution < 1.29 is 13.2 Å². The highest BCUT2D eigenvalue weighted by molar-refractivity contribution is 6.29. The number of halogens is 4.